The van der Waals surface area contributed by atoms with Crippen LogP contribution in [-0.4, -0.2) is 32.7 Å². The Balaban J connectivity index is 1.82. The fourth-order valence-electron chi connectivity index (χ4n) is 2.46. The van der Waals surface area contributed by atoms with Gasteiger partial charge in [-0.3, -0.25) is 10.2 Å². The number of ketones is 1. The summed E-state index contributed by atoms with van der Waals surface area (Å²) in [7, 11) is 3.48. The summed E-state index contributed by atoms with van der Waals surface area (Å²) >= 11 is 1.17. The molecule has 0 saturated carbocycles. The molecule has 3 rings (SSSR count). The van der Waals surface area contributed by atoms with Crippen molar-refractivity contribution < 1.29 is 9.53 Å². The molecule has 0 saturated heterocycles. The van der Waals surface area contributed by atoms with Crippen LogP contribution >= 0.6 is 11.8 Å². The Kier molecular flexibility index (Phi) is 6.10. The molecule has 0 fully saturated rings. The van der Waals surface area contributed by atoms with Crippen molar-refractivity contribution in [2.75, 3.05) is 12.5 Å². The predicted molar refractivity (Wildman–Crippen MR) is 112 cm³/mol. The molecule has 1 N–H and O–H groups in total. The lowest BCUT2D eigenvalue weighted by molar-refractivity contribution is -0.110. The van der Waals surface area contributed by atoms with Crippen molar-refractivity contribution >= 4 is 28.3 Å². The molecule has 3 aromatic rings. The van der Waals surface area contributed by atoms with Gasteiger partial charge in [0.2, 0.25) is 0 Å². The first-order valence-electron chi connectivity index (χ1n) is 8.61. The molecule has 0 amide bonds. The highest BCUT2D eigenvalue weighted by molar-refractivity contribution is 8.15. The second-order valence-corrected chi connectivity index (χ2v) is 7.05. The summed E-state index contributed by atoms with van der Waals surface area (Å²) in [6.45, 7) is 3.45. The zero-order valence-corrected chi connectivity index (χ0v) is 16.9. The number of aromatic nitrogens is 3. The maximum absolute atomic E-state index is 12.1. The van der Waals surface area contributed by atoms with Crippen LogP contribution in [0.25, 0.3) is 11.4 Å². The molecule has 0 unspecified atom stereocenters. The van der Waals surface area contributed by atoms with Crippen molar-refractivity contribution in [3.8, 4) is 17.1 Å². The Morgan fingerprint density at radius 3 is 2.50 bits per heavy atom. The van der Waals surface area contributed by atoms with Gasteiger partial charge in [0, 0.05) is 19.5 Å². The van der Waals surface area contributed by atoms with Gasteiger partial charge in [0.25, 0.3) is 0 Å². The number of para-hydroxylation sites is 1. The summed E-state index contributed by atoms with van der Waals surface area (Å²) in [6.07, 6.45) is 0. The number of methoxy groups -OCH3 is 1. The Morgan fingerprint density at radius 2 is 1.86 bits per heavy atom. The van der Waals surface area contributed by atoms with E-state index in [0.29, 0.717) is 16.0 Å². The Bertz CT molecular complexity index is 1010. The van der Waals surface area contributed by atoms with Gasteiger partial charge in [-0.1, -0.05) is 18.2 Å². The van der Waals surface area contributed by atoms with Crippen molar-refractivity contribution in [2.24, 2.45) is 12.1 Å². The third kappa shape index (κ3) is 4.40. The minimum absolute atomic E-state index is 0.153. The monoisotopic (exact) mass is 395 g/mol. The molecular weight excluding hydrogens is 374 g/mol. The molecule has 28 heavy (non-hydrogen) atoms. The zero-order valence-electron chi connectivity index (χ0n) is 16.1. The summed E-state index contributed by atoms with van der Waals surface area (Å²) < 4.78 is 7.02. The standard InChI is InChI=1S/C20H21N5O2S/c1-13-7-5-6-8-17(13)21-23-19(14(2)26)28-20-24-22-18(25(20)3)15-9-11-16(27-4)12-10-15/h5-12,21H,1-4H3/b23-19-. The highest BCUT2D eigenvalue weighted by Crippen LogP contribution is 2.25. The van der Waals surface area contributed by atoms with Gasteiger partial charge in [-0.05, 0) is 54.6 Å². The molecule has 2 aromatic carbocycles. The number of hydrazone groups is 1. The quantitative estimate of drug-likeness (QED) is 0.295. The number of carbonyl (C=O) groups is 1. The first kappa shape index (κ1) is 19.6. The number of nitrogens with one attached hydrogen (secondary N) is 1. The van der Waals surface area contributed by atoms with Gasteiger partial charge in [0.1, 0.15) is 5.75 Å². The minimum Gasteiger partial charge on any atom is -0.497 e. The van der Waals surface area contributed by atoms with Crippen LogP contribution in [0, 0.1) is 6.92 Å². The number of hydrogen-bond donors (Lipinski definition) is 1. The molecule has 0 spiro atoms. The number of rotatable bonds is 6. The first-order valence-corrected chi connectivity index (χ1v) is 9.43. The maximum atomic E-state index is 12.1. The number of thioether (sulfide) groups is 1. The second kappa shape index (κ2) is 8.71. The number of aryl methyl sites for hydroxylation is 1. The van der Waals surface area contributed by atoms with E-state index in [4.69, 9.17) is 4.74 Å². The summed E-state index contributed by atoms with van der Waals surface area (Å²) in [5, 5.41) is 13.6. The number of nitrogens with zero attached hydrogens (tertiary/aromatic N) is 4. The Labute approximate surface area is 167 Å². The van der Waals surface area contributed by atoms with E-state index in [-0.39, 0.29) is 5.78 Å². The lowest BCUT2D eigenvalue weighted by Crippen LogP contribution is -2.10. The molecule has 0 bridgehead atoms. The molecule has 0 aliphatic carbocycles. The van der Waals surface area contributed by atoms with Crippen molar-refractivity contribution in [1.82, 2.24) is 14.8 Å². The van der Waals surface area contributed by atoms with Gasteiger partial charge in [-0.25, -0.2) is 0 Å². The van der Waals surface area contributed by atoms with Crippen LogP contribution in [0.2, 0.25) is 0 Å². The van der Waals surface area contributed by atoms with Crippen LogP contribution in [0.1, 0.15) is 12.5 Å². The summed E-state index contributed by atoms with van der Waals surface area (Å²) in [6, 6.07) is 15.3. The molecule has 0 radical (unpaired) electrons. The van der Waals surface area contributed by atoms with E-state index in [2.05, 4.69) is 20.7 Å². The third-order valence-electron chi connectivity index (χ3n) is 4.10. The SMILES string of the molecule is COc1ccc(-c2nnc(S/C(=N\Nc3ccccc3C)C(C)=O)n2C)cc1. The normalized spacial score (nSPS) is 11.4. The molecule has 1 heterocycles. The Morgan fingerprint density at radius 1 is 1.14 bits per heavy atom. The minimum atomic E-state index is -0.153. The lowest BCUT2D eigenvalue weighted by Gasteiger charge is -2.07. The van der Waals surface area contributed by atoms with Crippen LogP contribution in [0.15, 0.2) is 58.8 Å². The maximum Gasteiger partial charge on any atom is 0.197 e. The smallest absolute Gasteiger partial charge is 0.197 e. The van der Waals surface area contributed by atoms with E-state index in [9.17, 15) is 4.79 Å². The number of benzene rings is 2. The first-order chi connectivity index (χ1) is 13.5. The molecular formula is C20H21N5O2S. The van der Waals surface area contributed by atoms with E-state index in [0.717, 1.165) is 22.6 Å². The molecule has 8 heteroatoms. The largest absolute Gasteiger partial charge is 0.497 e. The highest BCUT2D eigenvalue weighted by atomic mass is 32.2. The van der Waals surface area contributed by atoms with Crippen LogP contribution in [0.3, 0.4) is 0 Å². The summed E-state index contributed by atoms with van der Waals surface area (Å²) in [5.74, 6) is 1.31. The average molecular weight is 395 g/mol. The summed E-state index contributed by atoms with van der Waals surface area (Å²) in [4.78, 5) is 12.1. The summed E-state index contributed by atoms with van der Waals surface area (Å²) in [5.41, 5.74) is 5.75. The number of anilines is 1. The fraction of sp³-hybridized carbons (Fsp3) is 0.200. The van der Waals surface area contributed by atoms with Gasteiger partial charge in [-0.15, -0.1) is 10.2 Å². The molecule has 0 aliphatic rings. The third-order valence-corrected chi connectivity index (χ3v) is 5.21. The van der Waals surface area contributed by atoms with E-state index in [1.807, 2.05) is 67.1 Å². The fourth-order valence-corrected chi connectivity index (χ4v) is 3.18. The van der Waals surface area contributed by atoms with E-state index >= 15 is 0 Å². The topological polar surface area (TPSA) is 81.4 Å². The number of hydrogen-bond acceptors (Lipinski definition) is 7. The van der Waals surface area contributed by atoms with Crippen molar-refractivity contribution in [3.05, 3.63) is 54.1 Å². The van der Waals surface area contributed by atoms with Crippen LogP contribution in [0.4, 0.5) is 5.69 Å². The lowest BCUT2D eigenvalue weighted by atomic mass is 10.2. The molecule has 7 nitrogen and oxygen atoms in total. The van der Waals surface area contributed by atoms with Crippen LogP contribution in [0.5, 0.6) is 5.75 Å². The van der Waals surface area contributed by atoms with Gasteiger partial charge in [0.15, 0.2) is 21.8 Å². The van der Waals surface area contributed by atoms with Crippen LogP contribution < -0.4 is 10.2 Å². The van der Waals surface area contributed by atoms with E-state index in [1.165, 1.54) is 18.7 Å². The number of ether oxygens (including phenoxy) is 1. The second-order valence-electron chi connectivity index (χ2n) is 6.10. The molecule has 0 atom stereocenters. The van der Waals surface area contributed by atoms with Crippen molar-refractivity contribution in [2.45, 2.75) is 19.0 Å². The van der Waals surface area contributed by atoms with Crippen LogP contribution in [-0.2, 0) is 11.8 Å². The van der Waals surface area contributed by atoms with Gasteiger partial charge >= 0.3 is 0 Å². The van der Waals surface area contributed by atoms with Crippen molar-refractivity contribution in [1.29, 1.82) is 0 Å². The van der Waals surface area contributed by atoms with E-state index < -0.39 is 0 Å². The predicted octanol–water partition coefficient (Wildman–Crippen LogP) is 3.91. The van der Waals surface area contributed by atoms with Gasteiger partial charge < -0.3 is 9.30 Å². The Hall–Kier alpha value is -3.13. The number of Topliss-reactive ketones (excluding diaryl/α,β-unsaturated/α-hetero) is 1. The number of carbonyl (C=O) groups excluding carboxylic acids is 1. The highest BCUT2D eigenvalue weighted by Gasteiger charge is 2.17. The average Bonchev–Trinajstić information content (AvgIpc) is 3.06. The molecule has 144 valence electrons. The van der Waals surface area contributed by atoms with Crippen molar-refractivity contribution in [3.63, 3.8) is 0 Å². The van der Waals surface area contributed by atoms with E-state index in [1.54, 1.807) is 7.11 Å². The van der Waals surface area contributed by atoms with Gasteiger partial charge in [0.05, 0.1) is 12.8 Å². The van der Waals surface area contributed by atoms with Gasteiger partial charge in [-0.2, -0.15) is 5.10 Å². The zero-order chi connectivity index (χ0) is 20.1. The molecule has 1 aromatic heterocycles. The molecule has 0 aliphatic heterocycles.